The zero-order chi connectivity index (χ0) is 21.7. The third-order valence-corrected chi connectivity index (χ3v) is 4.78. The van der Waals surface area contributed by atoms with Crippen molar-refractivity contribution in [2.75, 3.05) is 16.9 Å². The van der Waals surface area contributed by atoms with Gasteiger partial charge in [-0.25, -0.2) is 0 Å². The Hall–Kier alpha value is -3.54. The molecular formula is C24H27N3O3. The summed E-state index contributed by atoms with van der Waals surface area (Å²) in [4.78, 5) is 26.9. The van der Waals surface area contributed by atoms with Gasteiger partial charge in [0, 0.05) is 28.7 Å². The van der Waals surface area contributed by atoms with Gasteiger partial charge in [-0.15, -0.1) is 0 Å². The Bertz CT molecular complexity index is 988. The first-order chi connectivity index (χ1) is 14.4. The van der Waals surface area contributed by atoms with E-state index in [2.05, 4.69) is 5.43 Å². The highest BCUT2D eigenvalue weighted by Gasteiger charge is 2.19. The molecule has 0 atom stereocenters. The third-order valence-electron chi connectivity index (χ3n) is 4.78. The number of para-hydroxylation sites is 1. The molecule has 1 N–H and O–H groups in total. The van der Waals surface area contributed by atoms with Crippen LogP contribution in [0, 0.1) is 13.8 Å². The zero-order valence-corrected chi connectivity index (χ0v) is 17.8. The Morgan fingerprint density at radius 2 is 1.53 bits per heavy atom. The average Bonchev–Trinajstić information content (AvgIpc) is 3.05. The van der Waals surface area contributed by atoms with E-state index in [0.717, 1.165) is 17.1 Å². The van der Waals surface area contributed by atoms with E-state index < -0.39 is 0 Å². The number of nitrogens with one attached hydrogen (secondary N) is 1. The largest absolute Gasteiger partial charge is 0.484 e. The summed E-state index contributed by atoms with van der Waals surface area (Å²) in [6.07, 6.45) is 0. The molecule has 0 fully saturated rings. The van der Waals surface area contributed by atoms with Crippen LogP contribution < -0.4 is 15.1 Å². The number of hydrogen-bond donors (Lipinski definition) is 1. The molecule has 0 radical (unpaired) electrons. The van der Waals surface area contributed by atoms with Gasteiger partial charge >= 0.3 is 0 Å². The molecule has 0 saturated carbocycles. The molecule has 1 aromatic heterocycles. The maximum Gasteiger partial charge on any atom is 0.270 e. The lowest BCUT2D eigenvalue weighted by molar-refractivity contribution is -0.120. The van der Waals surface area contributed by atoms with E-state index in [1.807, 2.05) is 70.2 Å². The summed E-state index contributed by atoms with van der Waals surface area (Å²) in [7, 11) is 0. The van der Waals surface area contributed by atoms with Crippen LogP contribution in [0.1, 0.15) is 35.6 Å². The van der Waals surface area contributed by atoms with E-state index in [-0.39, 0.29) is 24.5 Å². The summed E-state index contributed by atoms with van der Waals surface area (Å²) in [5.74, 6) is 0.191. The number of amides is 2. The smallest absolute Gasteiger partial charge is 0.270 e. The quantitative estimate of drug-likeness (QED) is 0.637. The van der Waals surface area contributed by atoms with Gasteiger partial charge in [-0.2, -0.15) is 0 Å². The minimum atomic E-state index is -0.213. The van der Waals surface area contributed by atoms with Crippen LogP contribution in [0.3, 0.4) is 0 Å². The van der Waals surface area contributed by atoms with Gasteiger partial charge in [0.15, 0.2) is 6.61 Å². The van der Waals surface area contributed by atoms with Crippen LogP contribution in [0.15, 0.2) is 66.7 Å². The van der Waals surface area contributed by atoms with Crippen LogP contribution in [-0.4, -0.2) is 29.1 Å². The lowest BCUT2D eigenvalue weighted by atomic mass is 10.2. The topological polar surface area (TPSA) is 63.6 Å². The molecular weight excluding hydrogens is 378 g/mol. The van der Waals surface area contributed by atoms with Crippen molar-refractivity contribution < 1.29 is 14.3 Å². The first kappa shape index (κ1) is 21.2. The molecule has 156 valence electrons. The number of aromatic nitrogens is 1. The Morgan fingerprint density at radius 3 is 2.10 bits per heavy atom. The molecule has 0 unspecified atom stereocenters. The van der Waals surface area contributed by atoms with E-state index in [1.54, 1.807) is 33.8 Å². The van der Waals surface area contributed by atoms with Crippen molar-refractivity contribution in [1.82, 2.24) is 4.68 Å². The second kappa shape index (κ2) is 9.31. The fourth-order valence-electron chi connectivity index (χ4n) is 3.25. The summed E-state index contributed by atoms with van der Waals surface area (Å²) in [5, 5.41) is 0. The van der Waals surface area contributed by atoms with E-state index in [4.69, 9.17) is 4.74 Å². The fourth-order valence-corrected chi connectivity index (χ4v) is 3.25. The van der Waals surface area contributed by atoms with Gasteiger partial charge in [0.2, 0.25) is 0 Å². The van der Waals surface area contributed by atoms with Gasteiger partial charge in [-0.3, -0.25) is 19.7 Å². The van der Waals surface area contributed by atoms with Gasteiger partial charge in [-0.1, -0.05) is 18.2 Å². The monoisotopic (exact) mass is 405 g/mol. The highest BCUT2D eigenvalue weighted by molar-refractivity contribution is 6.00. The second-order valence-electron chi connectivity index (χ2n) is 7.40. The zero-order valence-electron chi connectivity index (χ0n) is 17.8. The molecule has 0 bridgehead atoms. The number of aryl methyl sites for hydroxylation is 2. The van der Waals surface area contributed by atoms with E-state index in [9.17, 15) is 9.59 Å². The molecule has 0 saturated heterocycles. The number of carbonyl (C=O) groups is 2. The predicted molar refractivity (Wildman–Crippen MR) is 119 cm³/mol. The number of nitrogens with zero attached hydrogens (tertiary/aromatic N) is 2. The van der Waals surface area contributed by atoms with Gasteiger partial charge < -0.3 is 9.64 Å². The molecule has 6 nitrogen and oxygen atoms in total. The van der Waals surface area contributed by atoms with Crippen molar-refractivity contribution in [3.05, 3.63) is 83.7 Å². The predicted octanol–water partition coefficient (Wildman–Crippen LogP) is 4.31. The van der Waals surface area contributed by atoms with Crippen LogP contribution in [0.25, 0.3) is 0 Å². The summed E-state index contributed by atoms with van der Waals surface area (Å²) in [6.45, 7) is 7.70. The van der Waals surface area contributed by atoms with Crippen LogP contribution in [0.4, 0.5) is 5.69 Å². The van der Waals surface area contributed by atoms with Gasteiger partial charge in [0.25, 0.3) is 11.8 Å². The summed E-state index contributed by atoms with van der Waals surface area (Å²) in [5.41, 5.74) is 6.11. The number of hydrogen-bond acceptors (Lipinski definition) is 3. The summed E-state index contributed by atoms with van der Waals surface area (Å²) < 4.78 is 7.42. The van der Waals surface area contributed by atoms with Crippen LogP contribution in [0.5, 0.6) is 5.75 Å². The SMILES string of the molecule is Cc1ccc(C)n1NC(=O)c1ccc(OCC(=O)N(c2ccccc2)C(C)C)cc1. The molecule has 3 aromatic rings. The Labute approximate surface area is 177 Å². The number of rotatable bonds is 7. The van der Waals surface area contributed by atoms with Crippen molar-refractivity contribution in [3.8, 4) is 5.75 Å². The highest BCUT2D eigenvalue weighted by atomic mass is 16.5. The summed E-state index contributed by atoms with van der Waals surface area (Å²) >= 11 is 0. The molecule has 0 aliphatic carbocycles. The molecule has 0 spiro atoms. The molecule has 2 aromatic carbocycles. The van der Waals surface area contributed by atoms with Crippen molar-refractivity contribution in [3.63, 3.8) is 0 Å². The molecule has 0 aliphatic rings. The van der Waals surface area contributed by atoms with Crippen LogP contribution in [-0.2, 0) is 4.79 Å². The molecule has 1 heterocycles. The molecule has 30 heavy (non-hydrogen) atoms. The number of benzene rings is 2. The first-order valence-corrected chi connectivity index (χ1v) is 9.93. The summed E-state index contributed by atoms with van der Waals surface area (Å²) in [6, 6.07) is 20.2. The first-order valence-electron chi connectivity index (χ1n) is 9.93. The van der Waals surface area contributed by atoms with Crippen LogP contribution >= 0.6 is 0 Å². The lowest BCUT2D eigenvalue weighted by Gasteiger charge is -2.26. The molecule has 2 amide bonds. The van der Waals surface area contributed by atoms with Crippen molar-refractivity contribution in [2.45, 2.75) is 33.7 Å². The van der Waals surface area contributed by atoms with Gasteiger partial charge in [-0.05, 0) is 76.2 Å². The van der Waals surface area contributed by atoms with Crippen molar-refractivity contribution in [1.29, 1.82) is 0 Å². The minimum Gasteiger partial charge on any atom is -0.484 e. The van der Waals surface area contributed by atoms with Gasteiger partial charge in [0.05, 0.1) is 0 Å². The van der Waals surface area contributed by atoms with E-state index >= 15 is 0 Å². The number of anilines is 1. The van der Waals surface area contributed by atoms with Crippen molar-refractivity contribution in [2.24, 2.45) is 0 Å². The molecule has 3 rings (SSSR count). The maximum atomic E-state index is 12.7. The molecule has 0 aliphatic heterocycles. The van der Waals surface area contributed by atoms with Gasteiger partial charge in [0.1, 0.15) is 5.75 Å². The van der Waals surface area contributed by atoms with Crippen LogP contribution in [0.2, 0.25) is 0 Å². The molecule has 6 heteroatoms. The normalized spacial score (nSPS) is 10.7. The number of ether oxygens (including phenoxy) is 1. The fraction of sp³-hybridized carbons (Fsp3) is 0.250. The van der Waals surface area contributed by atoms with E-state index in [1.165, 1.54) is 0 Å². The Morgan fingerprint density at radius 1 is 0.933 bits per heavy atom. The minimum absolute atomic E-state index is 0.00942. The lowest BCUT2D eigenvalue weighted by Crippen LogP contribution is -2.40. The van der Waals surface area contributed by atoms with E-state index in [0.29, 0.717) is 11.3 Å². The third kappa shape index (κ3) is 4.89. The maximum absolute atomic E-state index is 12.7. The number of carbonyl (C=O) groups excluding carboxylic acids is 2. The highest BCUT2D eigenvalue weighted by Crippen LogP contribution is 2.18. The Balaban J connectivity index is 1.61. The van der Waals surface area contributed by atoms with Crippen molar-refractivity contribution >= 4 is 17.5 Å². The Kier molecular flexibility index (Phi) is 6.57. The standard InChI is InChI=1S/C24H27N3O3/c1-17(2)26(21-8-6-5-7-9-21)23(28)16-30-22-14-12-20(13-15-22)24(29)25-27-18(3)10-11-19(27)4/h5-15,17H,16H2,1-4H3,(H,25,29). The second-order valence-corrected chi connectivity index (χ2v) is 7.40. The average molecular weight is 405 g/mol.